The minimum absolute atomic E-state index is 0.688. The Labute approximate surface area is 57.9 Å². The second-order valence-corrected chi connectivity index (χ2v) is 2.33. The highest BCUT2D eigenvalue weighted by Gasteiger charge is 1.97. The van der Waals surface area contributed by atoms with E-state index in [9.17, 15) is 0 Å². The summed E-state index contributed by atoms with van der Waals surface area (Å²) in [5.74, 6) is 0.688. The van der Waals surface area contributed by atoms with Gasteiger partial charge in [-0.25, -0.2) is 0 Å². The van der Waals surface area contributed by atoms with Crippen molar-refractivity contribution in [3.8, 4) is 0 Å². The quantitative estimate of drug-likeness (QED) is 0.561. The molecule has 0 bridgehead atoms. The summed E-state index contributed by atoms with van der Waals surface area (Å²) in [6.07, 6.45) is 5.56. The van der Waals surface area contributed by atoms with Crippen molar-refractivity contribution in [1.29, 1.82) is 0 Å². The van der Waals surface area contributed by atoms with Crippen LogP contribution in [0.25, 0.3) is 0 Å². The van der Waals surface area contributed by atoms with Gasteiger partial charge in [0.1, 0.15) is 0 Å². The van der Waals surface area contributed by atoms with E-state index in [2.05, 4.69) is 13.5 Å². The Morgan fingerprint density at radius 2 is 2.33 bits per heavy atom. The van der Waals surface area contributed by atoms with Gasteiger partial charge in [-0.1, -0.05) is 13.0 Å². The molecule has 54 valence electrons. The molecular weight excluding hydrogens is 110 g/mol. The second kappa shape index (κ2) is 5.83. The molecule has 1 heteroatoms. The van der Waals surface area contributed by atoms with Gasteiger partial charge in [0.05, 0.1) is 0 Å². The molecule has 0 aliphatic rings. The van der Waals surface area contributed by atoms with Gasteiger partial charge in [0.2, 0.25) is 0 Å². The van der Waals surface area contributed by atoms with E-state index < -0.39 is 0 Å². The Balaban J connectivity index is 3.20. The van der Waals surface area contributed by atoms with Gasteiger partial charge < -0.3 is 5.73 Å². The van der Waals surface area contributed by atoms with E-state index in [0.717, 1.165) is 13.0 Å². The van der Waals surface area contributed by atoms with Crippen LogP contribution in [0.15, 0.2) is 12.7 Å². The molecule has 9 heavy (non-hydrogen) atoms. The zero-order valence-corrected chi connectivity index (χ0v) is 6.27. The predicted octanol–water partition coefficient (Wildman–Crippen LogP) is 1.94. The van der Waals surface area contributed by atoms with Crippen LogP contribution in [-0.2, 0) is 0 Å². The summed E-state index contributed by atoms with van der Waals surface area (Å²) in [5.41, 5.74) is 5.35. The Kier molecular flexibility index (Phi) is 5.64. The van der Waals surface area contributed by atoms with E-state index in [1.807, 2.05) is 6.08 Å². The minimum Gasteiger partial charge on any atom is -0.330 e. The maximum atomic E-state index is 5.35. The number of nitrogens with two attached hydrogens (primary N) is 1. The van der Waals surface area contributed by atoms with Crippen molar-refractivity contribution in [2.24, 2.45) is 11.7 Å². The maximum Gasteiger partial charge on any atom is -0.00771 e. The average Bonchev–Trinajstić information content (AvgIpc) is 1.91. The molecule has 0 aliphatic heterocycles. The Morgan fingerprint density at radius 1 is 1.67 bits per heavy atom. The fourth-order valence-corrected chi connectivity index (χ4v) is 0.869. The molecule has 0 rings (SSSR count). The fraction of sp³-hybridized carbons (Fsp3) is 0.750. The van der Waals surface area contributed by atoms with Crippen LogP contribution in [0.2, 0.25) is 0 Å². The lowest BCUT2D eigenvalue weighted by atomic mass is 10.0. The van der Waals surface area contributed by atoms with Gasteiger partial charge in [-0.3, -0.25) is 0 Å². The van der Waals surface area contributed by atoms with Gasteiger partial charge in [-0.2, -0.15) is 0 Å². The van der Waals surface area contributed by atoms with Crippen molar-refractivity contribution in [2.75, 3.05) is 6.54 Å². The molecular formula is C8H17N. The molecule has 0 unspecified atom stereocenters. The van der Waals surface area contributed by atoms with E-state index in [1.165, 1.54) is 12.8 Å². The third kappa shape index (κ3) is 4.22. The van der Waals surface area contributed by atoms with Gasteiger partial charge >= 0.3 is 0 Å². The fourth-order valence-electron chi connectivity index (χ4n) is 0.869. The van der Waals surface area contributed by atoms with Crippen molar-refractivity contribution < 1.29 is 0 Å². The number of allylic oxidation sites excluding steroid dienone is 1. The third-order valence-electron chi connectivity index (χ3n) is 1.64. The lowest BCUT2D eigenvalue weighted by Gasteiger charge is -2.06. The van der Waals surface area contributed by atoms with Crippen molar-refractivity contribution in [3.63, 3.8) is 0 Å². The SMILES string of the molecule is C=C[C@H](CC)CCCN. The molecule has 0 aromatic heterocycles. The first-order valence-corrected chi connectivity index (χ1v) is 3.67. The van der Waals surface area contributed by atoms with Crippen molar-refractivity contribution in [1.82, 2.24) is 0 Å². The monoisotopic (exact) mass is 127 g/mol. The zero-order chi connectivity index (χ0) is 7.11. The topological polar surface area (TPSA) is 26.0 Å². The molecule has 0 aromatic rings. The van der Waals surface area contributed by atoms with Gasteiger partial charge in [0.25, 0.3) is 0 Å². The highest BCUT2D eigenvalue weighted by molar-refractivity contribution is 4.77. The Morgan fingerprint density at radius 3 is 2.67 bits per heavy atom. The molecule has 2 N–H and O–H groups in total. The number of hydrogen-bond donors (Lipinski definition) is 1. The minimum atomic E-state index is 0.688. The van der Waals surface area contributed by atoms with Crippen LogP contribution in [0, 0.1) is 5.92 Å². The van der Waals surface area contributed by atoms with Crippen LogP contribution < -0.4 is 5.73 Å². The molecule has 0 saturated carbocycles. The zero-order valence-electron chi connectivity index (χ0n) is 6.27. The first-order chi connectivity index (χ1) is 4.35. The first kappa shape index (κ1) is 8.70. The molecule has 0 amide bonds. The summed E-state index contributed by atoms with van der Waals surface area (Å²) in [6, 6.07) is 0. The highest BCUT2D eigenvalue weighted by atomic mass is 14.5. The molecule has 0 aromatic carbocycles. The molecule has 1 atom stereocenters. The largest absolute Gasteiger partial charge is 0.330 e. The summed E-state index contributed by atoms with van der Waals surface area (Å²) in [6.45, 7) is 6.74. The smallest absolute Gasteiger partial charge is 0.00771 e. The van der Waals surface area contributed by atoms with Crippen LogP contribution in [0.1, 0.15) is 26.2 Å². The van der Waals surface area contributed by atoms with Gasteiger partial charge in [0.15, 0.2) is 0 Å². The molecule has 0 aliphatic carbocycles. The maximum absolute atomic E-state index is 5.35. The summed E-state index contributed by atoms with van der Waals surface area (Å²) < 4.78 is 0. The van der Waals surface area contributed by atoms with Crippen LogP contribution in [0.5, 0.6) is 0 Å². The predicted molar refractivity (Wildman–Crippen MR) is 42.3 cm³/mol. The first-order valence-electron chi connectivity index (χ1n) is 3.67. The second-order valence-electron chi connectivity index (χ2n) is 2.33. The number of hydrogen-bond acceptors (Lipinski definition) is 1. The van der Waals surface area contributed by atoms with Crippen LogP contribution in [0.4, 0.5) is 0 Å². The lowest BCUT2D eigenvalue weighted by Crippen LogP contribution is -2.02. The Bertz CT molecular complexity index is 69.0. The van der Waals surface area contributed by atoms with Crippen LogP contribution in [0.3, 0.4) is 0 Å². The standard InChI is InChI=1S/C8H17N/c1-3-8(4-2)6-5-7-9/h3,8H,1,4-7,9H2,2H3/t8-/m1/s1. The van der Waals surface area contributed by atoms with Gasteiger partial charge in [-0.05, 0) is 31.7 Å². The normalized spacial score (nSPS) is 13.1. The summed E-state index contributed by atoms with van der Waals surface area (Å²) in [5, 5.41) is 0. The third-order valence-corrected chi connectivity index (χ3v) is 1.64. The highest BCUT2D eigenvalue weighted by Crippen LogP contribution is 2.10. The van der Waals surface area contributed by atoms with Gasteiger partial charge in [0, 0.05) is 0 Å². The van der Waals surface area contributed by atoms with Crippen LogP contribution >= 0.6 is 0 Å². The average molecular weight is 127 g/mol. The molecule has 0 radical (unpaired) electrons. The molecule has 0 fully saturated rings. The number of rotatable bonds is 5. The van der Waals surface area contributed by atoms with E-state index in [1.54, 1.807) is 0 Å². The Hall–Kier alpha value is -0.300. The summed E-state index contributed by atoms with van der Waals surface area (Å²) in [4.78, 5) is 0. The van der Waals surface area contributed by atoms with Crippen molar-refractivity contribution in [2.45, 2.75) is 26.2 Å². The van der Waals surface area contributed by atoms with Crippen molar-refractivity contribution in [3.05, 3.63) is 12.7 Å². The van der Waals surface area contributed by atoms with E-state index in [4.69, 9.17) is 5.73 Å². The summed E-state index contributed by atoms with van der Waals surface area (Å²) >= 11 is 0. The molecule has 0 spiro atoms. The summed E-state index contributed by atoms with van der Waals surface area (Å²) in [7, 11) is 0. The van der Waals surface area contributed by atoms with E-state index in [-0.39, 0.29) is 0 Å². The van der Waals surface area contributed by atoms with Crippen molar-refractivity contribution >= 4 is 0 Å². The van der Waals surface area contributed by atoms with E-state index >= 15 is 0 Å². The molecule has 0 saturated heterocycles. The van der Waals surface area contributed by atoms with Gasteiger partial charge in [-0.15, -0.1) is 6.58 Å². The molecule has 0 heterocycles. The van der Waals surface area contributed by atoms with Crippen LogP contribution in [-0.4, -0.2) is 6.54 Å². The lowest BCUT2D eigenvalue weighted by molar-refractivity contribution is 0.551. The molecule has 1 nitrogen and oxygen atoms in total. The van der Waals surface area contributed by atoms with E-state index in [0.29, 0.717) is 5.92 Å².